The molecule has 0 N–H and O–H groups in total. The van der Waals surface area contributed by atoms with E-state index in [1.165, 1.54) is 6.21 Å². The van der Waals surface area contributed by atoms with Gasteiger partial charge in [0.2, 0.25) is 4.80 Å². The van der Waals surface area contributed by atoms with Crippen molar-refractivity contribution >= 4 is 45.3 Å². The second-order valence-corrected chi connectivity index (χ2v) is 11.4. The molecule has 0 atom stereocenters. The Hall–Kier alpha value is -6.46. The molecule has 0 spiro atoms. The molecule has 10 nitrogen and oxygen atoms in total. The third-order valence-corrected chi connectivity index (χ3v) is 8.30. The average Bonchev–Trinajstić information content (AvgIpc) is 3.86. The van der Waals surface area contributed by atoms with Crippen LogP contribution in [0.2, 0.25) is 0 Å². The second kappa shape index (κ2) is 11.8. The Balaban J connectivity index is 1.23. The number of aromatic nitrogens is 4. The van der Waals surface area contributed by atoms with Crippen molar-refractivity contribution in [3.8, 4) is 22.6 Å². The van der Waals surface area contributed by atoms with Gasteiger partial charge < -0.3 is 8.83 Å². The Kier molecular flexibility index (Phi) is 7.04. The van der Waals surface area contributed by atoms with E-state index in [0.29, 0.717) is 32.9 Å². The number of ketones is 1. The van der Waals surface area contributed by atoms with Gasteiger partial charge in [0.25, 0.3) is 5.78 Å². The molecule has 0 fully saturated rings. The van der Waals surface area contributed by atoms with Crippen molar-refractivity contribution in [2.45, 2.75) is 0 Å². The molecule has 11 heteroatoms. The molecule has 4 aromatic heterocycles. The molecule has 0 aliphatic heterocycles. The highest BCUT2D eigenvalue weighted by Gasteiger charge is 2.21. The molecule has 0 bridgehead atoms. The summed E-state index contributed by atoms with van der Waals surface area (Å²) in [6.07, 6.45) is 3.29. The van der Waals surface area contributed by atoms with E-state index < -0.39 is 5.63 Å². The summed E-state index contributed by atoms with van der Waals surface area (Å²) < 4.78 is 14.7. The Morgan fingerprint density at radius 1 is 0.745 bits per heavy atom. The number of hydrogen-bond acceptors (Lipinski definition) is 9. The van der Waals surface area contributed by atoms with E-state index in [0.717, 1.165) is 27.8 Å². The highest BCUT2D eigenvalue weighted by Crippen LogP contribution is 2.24. The van der Waals surface area contributed by atoms with Crippen molar-refractivity contribution in [3.05, 3.63) is 159 Å². The fourth-order valence-electron chi connectivity index (χ4n) is 5.15. The van der Waals surface area contributed by atoms with Crippen LogP contribution in [0.15, 0.2) is 151 Å². The van der Waals surface area contributed by atoms with Crippen LogP contribution in [0.1, 0.15) is 21.1 Å². The number of furan rings is 1. The molecule has 0 amide bonds. The van der Waals surface area contributed by atoms with E-state index in [-0.39, 0.29) is 22.1 Å². The first-order valence-electron chi connectivity index (χ1n) is 14.5. The molecule has 4 heterocycles. The summed E-state index contributed by atoms with van der Waals surface area (Å²) in [5.74, 6) is -0.182. The molecule has 0 aliphatic rings. The van der Waals surface area contributed by atoms with E-state index in [4.69, 9.17) is 13.9 Å². The van der Waals surface area contributed by atoms with E-state index >= 15 is 0 Å². The van der Waals surface area contributed by atoms with Gasteiger partial charge in [-0.25, -0.2) is 14.2 Å². The van der Waals surface area contributed by atoms with Crippen LogP contribution in [0.25, 0.3) is 44.6 Å². The van der Waals surface area contributed by atoms with Crippen LogP contribution in [-0.2, 0) is 0 Å². The molecule has 0 saturated carbocycles. The smallest absolute Gasteiger partial charge is 0.345 e. The summed E-state index contributed by atoms with van der Waals surface area (Å²) in [6, 6.07) is 37.1. The fraction of sp³-hybridized carbons (Fsp3) is 0. The van der Waals surface area contributed by atoms with E-state index in [9.17, 15) is 9.59 Å². The minimum Gasteiger partial charge on any atom is -0.452 e. The van der Waals surface area contributed by atoms with Gasteiger partial charge >= 0.3 is 5.63 Å². The molecule has 0 saturated heterocycles. The van der Waals surface area contributed by atoms with Crippen molar-refractivity contribution in [1.82, 2.24) is 19.6 Å². The maximum atomic E-state index is 13.5. The lowest BCUT2D eigenvalue weighted by molar-refractivity contribution is 0.101. The topological polar surface area (TPSA) is 121 Å². The van der Waals surface area contributed by atoms with Crippen molar-refractivity contribution < 1.29 is 13.6 Å². The molecule has 226 valence electrons. The summed E-state index contributed by atoms with van der Waals surface area (Å²) >= 11 is 1.08. The lowest BCUT2D eigenvalue weighted by atomic mass is 10.1. The summed E-state index contributed by atoms with van der Waals surface area (Å²) in [4.78, 5) is 27.0. The van der Waals surface area contributed by atoms with Crippen LogP contribution < -0.4 is 10.4 Å². The molecule has 0 unspecified atom stereocenters. The van der Waals surface area contributed by atoms with Crippen molar-refractivity contribution in [3.63, 3.8) is 0 Å². The van der Waals surface area contributed by atoms with Crippen LogP contribution in [-0.4, -0.2) is 31.6 Å². The van der Waals surface area contributed by atoms with Crippen LogP contribution in [0, 0.1) is 0 Å². The van der Waals surface area contributed by atoms with Crippen LogP contribution in [0.5, 0.6) is 0 Å². The molecular formula is C36H22N6O4S. The van der Waals surface area contributed by atoms with E-state index in [1.807, 2.05) is 103 Å². The van der Waals surface area contributed by atoms with E-state index in [1.54, 1.807) is 33.8 Å². The van der Waals surface area contributed by atoms with Gasteiger partial charge in [-0.2, -0.15) is 15.3 Å². The number of carbonyl (C=O) groups excluding carboxylic acids is 1. The Morgan fingerprint density at radius 2 is 1.38 bits per heavy atom. The molecular weight excluding hydrogens is 613 g/mol. The predicted octanol–water partition coefficient (Wildman–Crippen LogP) is 6.80. The lowest BCUT2D eigenvalue weighted by Crippen LogP contribution is -2.14. The number of fused-ring (bicyclic) bond motifs is 2. The Morgan fingerprint density at radius 3 is 2.11 bits per heavy atom. The van der Waals surface area contributed by atoms with Gasteiger partial charge in [0.05, 0.1) is 23.2 Å². The van der Waals surface area contributed by atoms with Crippen LogP contribution >= 0.6 is 11.3 Å². The highest BCUT2D eigenvalue weighted by molar-refractivity contribution is 7.11. The maximum Gasteiger partial charge on any atom is 0.345 e. The normalized spacial score (nSPS) is 12.0. The third-order valence-electron chi connectivity index (χ3n) is 7.40. The standard InChI is InChI=1S/C36H22N6O4S/c43-33(31-20-24-12-8-9-17-29(24)45-31)34-40-42(27-15-5-2-6-16-27)36(47-34)38-37-21-25-22-41(26-13-3-1-4-14-26)39-32(25)28-19-23-11-7-10-18-30(23)46-35(28)44/h1-22H/b37-21?,38-36-. The molecule has 0 radical (unpaired) electrons. The summed E-state index contributed by atoms with van der Waals surface area (Å²) in [6.45, 7) is 0. The van der Waals surface area contributed by atoms with Gasteiger partial charge in [0, 0.05) is 22.5 Å². The SMILES string of the molecule is O=C(c1cc2ccccc2o1)c1nn(-c2ccccc2)/c(=N/N=Cc2cn(-c3ccccc3)nc2-c2cc3ccccc3oc2=O)s1. The zero-order chi connectivity index (χ0) is 31.7. The average molecular weight is 635 g/mol. The van der Waals surface area contributed by atoms with Crippen molar-refractivity contribution in [2.75, 3.05) is 0 Å². The quantitative estimate of drug-likeness (QED) is 0.0823. The first-order valence-corrected chi connectivity index (χ1v) is 15.4. The summed E-state index contributed by atoms with van der Waals surface area (Å²) in [5.41, 5.74) is 3.29. The minimum absolute atomic E-state index is 0.183. The van der Waals surface area contributed by atoms with Gasteiger partial charge in [0.1, 0.15) is 16.9 Å². The summed E-state index contributed by atoms with van der Waals surface area (Å²) in [5, 5.41) is 20.0. The van der Waals surface area contributed by atoms with Gasteiger partial charge in [-0.3, -0.25) is 4.79 Å². The number of hydrogen-bond donors (Lipinski definition) is 0. The highest BCUT2D eigenvalue weighted by atomic mass is 32.1. The lowest BCUT2D eigenvalue weighted by Gasteiger charge is -2.01. The maximum absolute atomic E-state index is 13.5. The minimum atomic E-state index is -0.522. The fourth-order valence-corrected chi connectivity index (χ4v) is 5.96. The number of para-hydroxylation sites is 4. The van der Waals surface area contributed by atoms with Gasteiger partial charge in [0.15, 0.2) is 10.8 Å². The monoisotopic (exact) mass is 634 g/mol. The summed E-state index contributed by atoms with van der Waals surface area (Å²) in [7, 11) is 0. The molecule has 8 aromatic rings. The number of nitrogens with zero attached hydrogens (tertiary/aromatic N) is 6. The van der Waals surface area contributed by atoms with Crippen molar-refractivity contribution in [1.29, 1.82) is 0 Å². The van der Waals surface area contributed by atoms with Crippen LogP contribution in [0.4, 0.5) is 0 Å². The first-order chi connectivity index (χ1) is 23.1. The molecule has 8 rings (SSSR count). The third kappa shape index (κ3) is 5.40. The molecule has 4 aromatic carbocycles. The molecule has 47 heavy (non-hydrogen) atoms. The largest absolute Gasteiger partial charge is 0.452 e. The Bertz CT molecular complexity index is 2540. The van der Waals surface area contributed by atoms with Gasteiger partial charge in [-0.1, -0.05) is 84.1 Å². The number of rotatable bonds is 7. The number of carbonyl (C=O) groups is 1. The Labute approximate surface area is 269 Å². The first kappa shape index (κ1) is 28.0. The van der Waals surface area contributed by atoms with Gasteiger partial charge in [-0.05, 0) is 48.5 Å². The molecule has 0 aliphatic carbocycles. The van der Waals surface area contributed by atoms with E-state index in [2.05, 4.69) is 15.3 Å². The predicted molar refractivity (Wildman–Crippen MR) is 179 cm³/mol. The van der Waals surface area contributed by atoms with Crippen molar-refractivity contribution in [2.24, 2.45) is 10.2 Å². The zero-order valence-corrected chi connectivity index (χ0v) is 25.2. The second-order valence-electron chi connectivity index (χ2n) is 10.5. The van der Waals surface area contributed by atoms with Crippen LogP contribution in [0.3, 0.4) is 0 Å². The number of benzene rings is 4. The van der Waals surface area contributed by atoms with Gasteiger partial charge in [-0.15, -0.1) is 5.10 Å². The zero-order valence-electron chi connectivity index (χ0n) is 24.4.